The van der Waals surface area contributed by atoms with Gasteiger partial charge in [-0.3, -0.25) is 10.1 Å². The van der Waals surface area contributed by atoms with E-state index in [2.05, 4.69) is 10.2 Å². The van der Waals surface area contributed by atoms with Gasteiger partial charge >= 0.3 is 5.69 Å². The Morgan fingerprint density at radius 2 is 2.00 bits per heavy atom. The third kappa shape index (κ3) is 3.18. The van der Waals surface area contributed by atoms with Gasteiger partial charge in [-0.15, -0.1) is 0 Å². The summed E-state index contributed by atoms with van der Waals surface area (Å²) >= 11 is 0.899. The summed E-state index contributed by atoms with van der Waals surface area (Å²) in [5.41, 5.74) is -0.201. The third-order valence-corrected chi connectivity index (χ3v) is 6.98. The van der Waals surface area contributed by atoms with Crippen LogP contribution < -0.4 is 5.32 Å². The molecule has 2 heterocycles. The fraction of sp³-hybridized carbons (Fsp3) is 0.636. The standard InChI is InChI=1S/C11H18N4O4S2/c1-3-13-4-6-14(7-5-13)21(18,19)10-8-9(15(16)17)11(12-2)20-10/h8,12H,3-7H2,1-2H3. The van der Waals surface area contributed by atoms with Crippen LogP contribution in [-0.4, -0.2) is 62.3 Å². The molecule has 0 atom stereocenters. The highest BCUT2D eigenvalue weighted by Crippen LogP contribution is 2.37. The number of nitrogens with zero attached hydrogens (tertiary/aromatic N) is 3. The van der Waals surface area contributed by atoms with Crippen LogP contribution in [0.5, 0.6) is 0 Å². The van der Waals surface area contributed by atoms with Crippen LogP contribution in [0.2, 0.25) is 0 Å². The van der Waals surface area contributed by atoms with Crippen molar-refractivity contribution in [3.8, 4) is 0 Å². The van der Waals surface area contributed by atoms with Gasteiger partial charge < -0.3 is 10.2 Å². The molecule has 1 saturated heterocycles. The summed E-state index contributed by atoms with van der Waals surface area (Å²) in [7, 11) is -2.12. The average Bonchev–Trinajstić information content (AvgIpc) is 2.92. The Kier molecular flexibility index (Phi) is 4.81. The van der Waals surface area contributed by atoms with Crippen LogP contribution in [-0.2, 0) is 10.0 Å². The molecule has 1 aliphatic heterocycles. The second kappa shape index (κ2) is 6.26. The monoisotopic (exact) mass is 334 g/mol. The van der Waals surface area contributed by atoms with E-state index in [1.165, 1.54) is 11.4 Å². The van der Waals surface area contributed by atoms with Crippen LogP contribution in [0.4, 0.5) is 10.7 Å². The summed E-state index contributed by atoms with van der Waals surface area (Å²) in [6.45, 7) is 5.12. The predicted molar refractivity (Wildman–Crippen MR) is 81.4 cm³/mol. The molecule has 0 amide bonds. The van der Waals surface area contributed by atoms with E-state index in [-0.39, 0.29) is 14.9 Å². The van der Waals surface area contributed by atoms with Gasteiger partial charge in [0.2, 0.25) is 0 Å². The summed E-state index contributed by atoms with van der Waals surface area (Å²) in [4.78, 5) is 12.5. The number of nitrogens with one attached hydrogen (secondary N) is 1. The molecule has 1 fully saturated rings. The molecular weight excluding hydrogens is 316 g/mol. The molecule has 10 heteroatoms. The topological polar surface area (TPSA) is 95.8 Å². The number of thiophene rings is 1. The van der Waals surface area contributed by atoms with Crippen molar-refractivity contribution in [1.82, 2.24) is 9.21 Å². The quantitative estimate of drug-likeness (QED) is 0.638. The minimum Gasteiger partial charge on any atom is -0.374 e. The Morgan fingerprint density at radius 3 is 2.43 bits per heavy atom. The SMILES string of the molecule is CCN1CCN(S(=O)(=O)c2cc([N+](=O)[O-])c(NC)s2)CC1. The van der Waals surface area contributed by atoms with Crippen LogP contribution in [0.15, 0.2) is 10.3 Å². The molecule has 0 spiro atoms. The van der Waals surface area contributed by atoms with Gasteiger partial charge in [0.1, 0.15) is 4.21 Å². The molecule has 8 nitrogen and oxygen atoms in total. The van der Waals surface area contributed by atoms with Crippen molar-refractivity contribution >= 4 is 32.0 Å². The first-order valence-corrected chi connectivity index (χ1v) is 8.84. The van der Waals surface area contributed by atoms with Crippen LogP contribution in [0, 0.1) is 10.1 Å². The molecule has 0 aliphatic carbocycles. The number of hydrogen-bond donors (Lipinski definition) is 1. The maximum absolute atomic E-state index is 12.6. The Hall–Kier alpha value is -1.23. The van der Waals surface area contributed by atoms with E-state index in [9.17, 15) is 18.5 Å². The van der Waals surface area contributed by atoms with Crippen LogP contribution >= 0.6 is 11.3 Å². The van der Waals surface area contributed by atoms with Crippen LogP contribution in [0.1, 0.15) is 6.92 Å². The largest absolute Gasteiger partial charge is 0.374 e. The fourth-order valence-electron chi connectivity index (χ4n) is 2.21. The second-order valence-corrected chi connectivity index (χ2v) is 7.84. The average molecular weight is 334 g/mol. The summed E-state index contributed by atoms with van der Waals surface area (Å²) < 4.78 is 26.5. The predicted octanol–water partition coefficient (Wildman–Crippen LogP) is 1.02. The van der Waals surface area contributed by atoms with Gasteiger partial charge in [-0.1, -0.05) is 18.3 Å². The van der Waals surface area contributed by atoms with E-state index in [0.29, 0.717) is 26.2 Å². The normalized spacial score (nSPS) is 17.8. The molecule has 0 unspecified atom stereocenters. The molecule has 1 N–H and O–H groups in total. The van der Waals surface area contributed by atoms with Crippen LogP contribution in [0.25, 0.3) is 0 Å². The van der Waals surface area contributed by atoms with Crippen molar-refractivity contribution < 1.29 is 13.3 Å². The zero-order chi connectivity index (χ0) is 15.6. The van der Waals surface area contributed by atoms with Gasteiger partial charge in [-0.25, -0.2) is 8.42 Å². The lowest BCUT2D eigenvalue weighted by atomic mass is 10.4. The number of hydrogen-bond acceptors (Lipinski definition) is 7. The van der Waals surface area contributed by atoms with Crippen molar-refractivity contribution in [2.24, 2.45) is 0 Å². The second-order valence-electron chi connectivity index (χ2n) is 4.63. The van der Waals surface area contributed by atoms with Gasteiger partial charge in [-0.05, 0) is 6.54 Å². The first-order valence-electron chi connectivity index (χ1n) is 6.58. The zero-order valence-electron chi connectivity index (χ0n) is 11.9. The number of piperazine rings is 1. The van der Waals surface area contributed by atoms with Gasteiger partial charge in [0.05, 0.1) is 4.92 Å². The Balaban J connectivity index is 2.26. The lowest BCUT2D eigenvalue weighted by molar-refractivity contribution is -0.383. The van der Waals surface area contributed by atoms with Crippen molar-refractivity contribution in [2.45, 2.75) is 11.1 Å². The van der Waals surface area contributed by atoms with Crippen molar-refractivity contribution in [3.05, 3.63) is 16.2 Å². The lowest BCUT2D eigenvalue weighted by Gasteiger charge is -2.32. The minimum atomic E-state index is -3.66. The molecule has 0 bridgehead atoms. The maximum atomic E-state index is 12.6. The van der Waals surface area contributed by atoms with Gasteiger partial charge in [-0.2, -0.15) is 4.31 Å². The number of sulfonamides is 1. The van der Waals surface area contributed by atoms with Crippen LogP contribution in [0.3, 0.4) is 0 Å². The molecule has 0 aromatic carbocycles. The number of anilines is 1. The molecule has 1 aromatic rings. The van der Waals surface area contributed by atoms with Gasteiger partial charge in [0.15, 0.2) is 5.00 Å². The zero-order valence-corrected chi connectivity index (χ0v) is 13.5. The molecule has 1 aliphatic rings. The maximum Gasteiger partial charge on any atom is 0.304 e. The summed E-state index contributed by atoms with van der Waals surface area (Å²) in [6.07, 6.45) is 0. The van der Waals surface area contributed by atoms with Gasteiger partial charge in [0.25, 0.3) is 10.0 Å². The van der Waals surface area contributed by atoms with Crippen molar-refractivity contribution in [1.29, 1.82) is 0 Å². The molecular formula is C11H18N4O4S2. The lowest BCUT2D eigenvalue weighted by Crippen LogP contribution is -2.48. The van der Waals surface area contributed by atoms with E-state index in [1.807, 2.05) is 6.92 Å². The first kappa shape index (κ1) is 16.1. The highest BCUT2D eigenvalue weighted by Gasteiger charge is 2.32. The van der Waals surface area contributed by atoms with Crippen molar-refractivity contribution in [2.75, 3.05) is 45.1 Å². The summed E-state index contributed by atoms with van der Waals surface area (Å²) in [5, 5.41) is 13.9. The minimum absolute atomic E-state index is 0.0171. The molecule has 21 heavy (non-hydrogen) atoms. The van der Waals surface area contributed by atoms with Crippen molar-refractivity contribution in [3.63, 3.8) is 0 Å². The van der Waals surface area contributed by atoms with E-state index >= 15 is 0 Å². The third-order valence-electron chi connectivity index (χ3n) is 3.49. The number of nitro groups is 1. The first-order chi connectivity index (χ1) is 9.90. The fourth-order valence-corrected chi connectivity index (χ4v) is 5.07. The van der Waals surface area contributed by atoms with E-state index in [0.717, 1.165) is 23.9 Å². The highest BCUT2D eigenvalue weighted by molar-refractivity contribution is 7.91. The summed E-state index contributed by atoms with van der Waals surface area (Å²) in [5.74, 6) is 0. The molecule has 118 valence electrons. The molecule has 0 saturated carbocycles. The molecule has 0 radical (unpaired) electrons. The van der Waals surface area contributed by atoms with Gasteiger partial charge in [0, 0.05) is 39.3 Å². The number of likely N-dealkylation sites (N-methyl/N-ethyl adjacent to an activating group) is 1. The Labute approximate surface area is 127 Å². The molecule has 1 aromatic heterocycles. The Bertz CT molecular complexity index is 620. The summed E-state index contributed by atoms with van der Waals surface area (Å²) in [6, 6.07) is 1.14. The van der Waals surface area contributed by atoms with E-state index in [1.54, 1.807) is 0 Å². The van der Waals surface area contributed by atoms with E-state index in [4.69, 9.17) is 0 Å². The molecule has 2 rings (SSSR count). The number of rotatable bonds is 5. The van der Waals surface area contributed by atoms with E-state index < -0.39 is 14.9 Å². The highest BCUT2D eigenvalue weighted by atomic mass is 32.2. The Morgan fingerprint density at radius 1 is 1.38 bits per heavy atom. The smallest absolute Gasteiger partial charge is 0.304 e.